The fourth-order valence-corrected chi connectivity index (χ4v) is 5.76. The SMILES string of the molecule is N#Cc1cncc(-c2ccc(Br)cc2)c1[AsH]c1ccc2[nH]ccc2c1. The Kier molecular flexibility index (Phi) is 4.44. The molecular weight excluding hydrogens is 437 g/mol. The van der Waals surface area contributed by atoms with E-state index in [1.54, 1.807) is 6.20 Å². The van der Waals surface area contributed by atoms with Gasteiger partial charge in [-0.15, -0.1) is 0 Å². The number of pyridine rings is 1. The quantitative estimate of drug-likeness (QED) is 0.488. The Labute approximate surface area is 160 Å². The van der Waals surface area contributed by atoms with Gasteiger partial charge < -0.3 is 0 Å². The summed E-state index contributed by atoms with van der Waals surface area (Å²) in [7, 11) is 0. The van der Waals surface area contributed by atoms with Gasteiger partial charge in [0.1, 0.15) is 0 Å². The molecule has 120 valence electrons. The van der Waals surface area contributed by atoms with Gasteiger partial charge in [-0.25, -0.2) is 0 Å². The van der Waals surface area contributed by atoms with Gasteiger partial charge in [0.15, 0.2) is 0 Å². The molecule has 0 amide bonds. The van der Waals surface area contributed by atoms with Crippen LogP contribution >= 0.6 is 15.9 Å². The third-order valence-electron chi connectivity index (χ3n) is 4.04. The van der Waals surface area contributed by atoms with Gasteiger partial charge >= 0.3 is 161 Å². The minimum absolute atomic E-state index is 0.661. The summed E-state index contributed by atoms with van der Waals surface area (Å²) in [5, 5.41) is 10.8. The van der Waals surface area contributed by atoms with Crippen LogP contribution in [0.5, 0.6) is 0 Å². The van der Waals surface area contributed by atoms with Crippen molar-refractivity contribution in [3.8, 4) is 17.2 Å². The van der Waals surface area contributed by atoms with Crippen molar-refractivity contribution in [3.63, 3.8) is 0 Å². The molecule has 0 saturated carbocycles. The van der Waals surface area contributed by atoms with Gasteiger partial charge in [-0.2, -0.15) is 0 Å². The minimum atomic E-state index is -0.661. The molecule has 4 aromatic rings. The molecule has 5 heteroatoms. The number of hydrogen-bond acceptors (Lipinski definition) is 2. The second kappa shape index (κ2) is 6.88. The molecule has 0 saturated heterocycles. The fraction of sp³-hybridized carbons (Fsp3) is 0. The van der Waals surface area contributed by atoms with Crippen molar-refractivity contribution in [2.45, 2.75) is 0 Å². The molecule has 3 nitrogen and oxygen atoms in total. The van der Waals surface area contributed by atoms with Gasteiger partial charge in [0, 0.05) is 0 Å². The summed E-state index contributed by atoms with van der Waals surface area (Å²) >= 11 is 2.81. The molecule has 4 rings (SSSR count). The third-order valence-corrected chi connectivity index (χ3v) is 7.49. The van der Waals surface area contributed by atoms with E-state index >= 15 is 0 Å². The molecule has 0 spiro atoms. The van der Waals surface area contributed by atoms with E-state index in [1.807, 2.05) is 24.5 Å². The molecule has 0 aliphatic carbocycles. The molecule has 2 aromatic carbocycles. The van der Waals surface area contributed by atoms with Gasteiger partial charge in [-0.1, -0.05) is 0 Å². The summed E-state index contributed by atoms with van der Waals surface area (Å²) in [5.41, 5.74) is 3.96. The number of aromatic nitrogens is 2. The van der Waals surface area contributed by atoms with Gasteiger partial charge in [-0.3, -0.25) is 0 Å². The van der Waals surface area contributed by atoms with E-state index in [9.17, 15) is 5.26 Å². The van der Waals surface area contributed by atoms with Crippen LogP contribution in [0.15, 0.2) is 71.6 Å². The molecule has 25 heavy (non-hydrogen) atoms. The molecule has 2 aromatic heterocycles. The Morgan fingerprint density at radius 1 is 1.04 bits per heavy atom. The first-order chi connectivity index (χ1) is 12.2. The average molecular weight is 450 g/mol. The number of hydrogen-bond donors (Lipinski definition) is 1. The van der Waals surface area contributed by atoms with Crippen LogP contribution in [-0.4, -0.2) is 25.7 Å². The number of rotatable bonds is 3. The van der Waals surface area contributed by atoms with E-state index < -0.39 is 15.8 Å². The molecular formula is C20H13AsBrN3. The van der Waals surface area contributed by atoms with E-state index in [-0.39, 0.29) is 0 Å². The van der Waals surface area contributed by atoms with Crippen LogP contribution in [0.2, 0.25) is 0 Å². The third kappa shape index (κ3) is 3.26. The maximum absolute atomic E-state index is 9.57. The van der Waals surface area contributed by atoms with Crippen molar-refractivity contribution in [1.82, 2.24) is 9.97 Å². The number of nitrogens with zero attached hydrogens (tertiary/aromatic N) is 2. The van der Waals surface area contributed by atoms with Crippen LogP contribution in [0, 0.1) is 11.3 Å². The first-order valence-electron chi connectivity index (χ1n) is 7.73. The zero-order valence-electron chi connectivity index (χ0n) is 13.1. The van der Waals surface area contributed by atoms with E-state index in [2.05, 4.69) is 68.4 Å². The molecule has 0 aliphatic heterocycles. The van der Waals surface area contributed by atoms with Gasteiger partial charge in [0.05, 0.1) is 0 Å². The van der Waals surface area contributed by atoms with Crippen molar-refractivity contribution in [2.75, 3.05) is 0 Å². The van der Waals surface area contributed by atoms with Gasteiger partial charge in [0.2, 0.25) is 0 Å². The van der Waals surface area contributed by atoms with E-state index in [0.29, 0.717) is 5.56 Å². The van der Waals surface area contributed by atoms with Gasteiger partial charge in [-0.05, 0) is 0 Å². The van der Waals surface area contributed by atoms with Crippen molar-refractivity contribution in [3.05, 3.63) is 77.2 Å². The monoisotopic (exact) mass is 449 g/mol. The van der Waals surface area contributed by atoms with E-state index in [0.717, 1.165) is 25.5 Å². The zero-order valence-corrected chi connectivity index (χ0v) is 16.8. The normalized spacial score (nSPS) is 11.2. The number of fused-ring (bicyclic) bond motifs is 1. The van der Waals surface area contributed by atoms with Crippen molar-refractivity contribution in [2.24, 2.45) is 0 Å². The Morgan fingerprint density at radius 3 is 2.68 bits per heavy atom. The average Bonchev–Trinajstić information content (AvgIpc) is 3.10. The Morgan fingerprint density at radius 2 is 1.88 bits per heavy atom. The standard InChI is InChI=1S/C20H13AsBrN3/c22-17-4-1-13(2-5-17)18-12-24-11-15(10-23)20(18)21-16-3-6-19-14(9-16)7-8-25-19/h1-9,11-12,21,25H. The summed E-state index contributed by atoms with van der Waals surface area (Å²) in [6, 6.07) is 19.1. The van der Waals surface area contributed by atoms with Crippen LogP contribution < -0.4 is 8.70 Å². The molecule has 0 aliphatic rings. The maximum atomic E-state index is 9.57. The molecule has 1 unspecified atom stereocenters. The van der Waals surface area contributed by atoms with Gasteiger partial charge in [0.25, 0.3) is 0 Å². The molecule has 0 bridgehead atoms. The number of nitriles is 1. The van der Waals surface area contributed by atoms with Crippen LogP contribution in [0.1, 0.15) is 5.56 Å². The second-order valence-electron chi connectivity index (χ2n) is 5.63. The number of aromatic amines is 1. The molecule has 1 atom stereocenters. The van der Waals surface area contributed by atoms with Crippen LogP contribution in [-0.2, 0) is 0 Å². The first kappa shape index (κ1) is 16.1. The predicted octanol–water partition coefficient (Wildman–Crippen LogP) is 3.25. The number of nitrogens with one attached hydrogen (secondary N) is 1. The zero-order chi connectivity index (χ0) is 17.2. The summed E-state index contributed by atoms with van der Waals surface area (Å²) in [5.74, 6) is 0. The van der Waals surface area contributed by atoms with Crippen molar-refractivity contribution >= 4 is 51.3 Å². The summed E-state index contributed by atoms with van der Waals surface area (Å²) in [4.78, 5) is 7.50. The summed E-state index contributed by atoms with van der Waals surface area (Å²) in [6.07, 6.45) is 5.50. The number of halogens is 1. The first-order valence-corrected chi connectivity index (χ1v) is 10.6. The summed E-state index contributed by atoms with van der Waals surface area (Å²) in [6.45, 7) is 0. The van der Waals surface area contributed by atoms with Crippen molar-refractivity contribution in [1.29, 1.82) is 5.26 Å². The Bertz CT molecular complexity index is 1090. The van der Waals surface area contributed by atoms with E-state index in [1.165, 1.54) is 9.74 Å². The molecule has 0 fully saturated rings. The van der Waals surface area contributed by atoms with Crippen LogP contribution in [0.3, 0.4) is 0 Å². The van der Waals surface area contributed by atoms with Crippen LogP contribution in [0.4, 0.5) is 0 Å². The molecule has 1 N–H and O–H groups in total. The topological polar surface area (TPSA) is 52.5 Å². The fourth-order valence-electron chi connectivity index (χ4n) is 2.80. The molecule has 0 radical (unpaired) electrons. The molecule has 2 heterocycles. The number of benzene rings is 2. The second-order valence-corrected chi connectivity index (χ2v) is 9.33. The Balaban J connectivity index is 1.82. The van der Waals surface area contributed by atoms with E-state index in [4.69, 9.17) is 0 Å². The Hall–Kier alpha value is -2.34. The predicted molar refractivity (Wildman–Crippen MR) is 107 cm³/mol. The number of H-pyrrole nitrogens is 1. The summed E-state index contributed by atoms with van der Waals surface area (Å²) < 4.78 is 3.47. The van der Waals surface area contributed by atoms with Crippen LogP contribution in [0.25, 0.3) is 22.0 Å². The van der Waals surface area contributed by atoms with Crippen molar-refractivity contribution < 1.29 is 0 Å².